The fraction of sp³-hybridized carbons (Fsp3) is 0.543. The lowest BCUT2D eigenvalue weighted by Gasteiger charge is -2.31. The molecule has 2 atom stereocenters. The molecule has 0 bridgehead atoms. The minimum atomic E-state index is -1.12. The number of aliphatic hydroxyl groups excluding tert-OH is 1. The first-order valence-electron chi connectivity index (χ1n) is 16.1. The summed E-state index contributed by atoms with van der Waals surface area (Å²) in [6.07, 6.45) is -0.0605. The van der Waals surface area contributed by atoms with E-state index in [1.165, 1.54) is 6.92 Å². The van der Waals surface area contributed by atoms with E-state index in [0.717, 1.165) is 29.9 Å². The second-order valence-corrected chi connectivity index (χ2v) is 12.4. The molecule has 0 aromatic heterocycles. The first kappa shape index (κ1) is 38.1. The van der Waals surface area contributed by atoms with E-state index in [0.29, 0.717) is 36.1 Å². The summed E-state index contributed by atoms with van der Waals surface area (Å²) in [6.45, 7) is 15.3. The van der Waals surface area contributed by atoms with Crippen molar-refractivity contribution in [1.29, 1.82) is 0 Å². The molecule has 11 heteroatoms. The maximum absolute atomic E-state index is 13.1. The zero-order chi connectivity index (χ0) is 34.2. The summed E-state index contributed by atoms with van der Waals surface area (Å²) in [6, 6.07) is 13.1. The van der Waals surface area contributed by atoms with E-state index in [1.807, 2.05) is 56.3 Å². The van der Waals surface area contributed by atoms with E-state index in [-0.39, 0.29) is 31.3 Å². The highest BCUT2D eigenvalue weighted by Gasteiger charge is 2.21. The Morgan fingerprint density at radius 2 is 1.50 bits per heavy atom. The van der Waals surface area contributed by atoms with E-state index < -0.39 is 30.7 Å². The Labute approximate surface area is 273 Å². The molecule has 2 aromatic carbocycles. The third kappa shape index (κ3) is 13.9. The minimum absolute atomic E-state index is 0.0273. The summed E-state index contributed by atoms with van der Waals surface area (Å²) in [5.74, 6) is -0.986. The van der Waals surface area contributed by atoms with Gasteiger partial charge in [0.15, 0.2) is 0 Å². The number of nitrogens with one attached hydrogen (secondary N) is 3. The van der Waals surface area contributed by atoms with Crippen molar-refractivity contribution in [2.75, 3.05) is 42.0 Å². The molecule has 3 amide bonds. The van der Waals surface area contributed by atoms with Gasteiger partial charge in [-0.05, 0) is 74.3 Å². The molecule has 0 fully saturated rings. The predicted molar refractivity (Wildman–Crippen MR) is 181 cm³/mol. The van der Waals surface area contributed by atoms with Crippen molar-refractivity contribution in [3.63, 3.8) is 0 Å². The quantitative estimate of drug-likeness (QED) is 0.0887. The van der Waals surface area contributed by atoms with Crippen LogP contribution in [-0.4, -0.2) is 61.5 Å². The number of esters is 2. The number of ether oxygens (including phenoxy) is 2. The van der Waals surface area contributed by atoms with Gasteiger partial charge < -0.3 is 35.4 Å². The van der Waals surface area contributed by atoms with Crippen LogP contribution < -0.4 is 20.9 Å². The highest BCUT2D eigenvalue weighted by molar-refractivity contribution is 6.02. The summed E-state index contributed by atoms with van der Waals surface area (Å²) >= 11 is 0. The zero-order valence-electron chi connectivity index (χ0n) is 28.4. The van der Waals surface area contributed by atoms with Gasteiger partial charge in [0.2, 0.25) is 12.7 Å². The average Bonchev–Trinajstić information content (AvgIpc) is 2.98. The van der Waals surface area contributed by atoms with Crippen LogP contribution in [0.3, 0.4) is 0 Å². The van der Waals surface area contributed by atoms with Gasteiger partial charge in [0.1, 0.15) is 6.10 Å². The maximum Gasteiger partial charge on any atom is 0.323 e. The van der Waals surface area contributed by atoms with Crippen LogP contribution in [0.4, 0.5) is 21.9 Å². The second-order valence-electron chi connectivity index (χ2n) is 12.4. The molecular formula is C35H52N4O7. The molecule has 254 valence electrons. The Morgan fingerprint density at radius 1 is 0.870 bits per heavy atom. The summed E-state index contributed by atoms with van der Waals surface area (Å²) in [5.41, 5.74) is 4.20. The maximum atomic E-state index is 13.1. The van der Waals surface area contributed by atoms with Gasteiger partial charge in [-0.1, -0.05) is 58.4 Å². The van der Waals surface area contributed by atoms with Crippen LogP contribution in [0.25, 0.3) is 0 Å². The lowest BCUT2D eigenvalue weighted by atomic mass is 9.92. The van der Waals surface area contributed by atoms with Crippen LogP contribution >= 0.6 is 0 Å². The normalized spacial score (nSPS) is 12.3. The number of nitrogens with zero attached hydrogens (tertiary/aromatic N) is 1. The molecule has 0 saturated heterocycles. The largest absolute Gasteiger partial charge is 0.428 e. The van der Waals surface area contributed by atoms with Crippen molar-refractivity contribution < 1.29 is 33.8 Å². The topological polar surface area (TPSA) is 146 Å². The SMILES string of the molecule is CCC(CC(=O)OCOC(=O)CCCNC(=O)C(C)O)c1ccc(N(CC(C)C)CC(C)C)c(NC(=O)Nc2ccc(C)cc2)c1. The highest BCUT2D eigenvalue weighted by Crippen LogP contribution is 2.34. The van der Waals surface area contributed by atoms with Crippen LogP contribution in [-0.2, 0) is 23.9 Å². The van der Waals surface area contributed by atoms with E-state index >= 15 is 0 Å². The smallest absolute Gasteiger partial charge is 0.323 e. The molecule has 46 heavy (non-hydrogen) atoms. The van der Waals surface area contributed by atoms with Crippen molar-refractivity contribution in [3.8, 4) is 0 Å². The number of carbonyl (C=O) groups is 4. The molecule has 0 aliphatic rings. The minimum Gasteiger partial charge on any atom is -0.428 e. The standard InChI is InChI=1S/C35H52N4O7/c1-8-27(19-33(42)46-22-45-32(41)10-9-17-36-34(43)26(7)40)28-13-16-31(39(20-23(2)3)21-24(4)5)30(18-28)38-35(44)37-29-14-11-25(6)12-15-29/h11-16,18,23-24,26-27,40H,8-10,17,19-22H2,1-7H3,(H,36,43)(H2,37,38,44). The number of carbonyl (C=O) groups excluding carboxylic acids is 4. The van der Waals surface area contributed by atoms with Gasteiger partial charge in [-0.2, -0.15) is 0 Å². The Hall–Kier alpha value is -4.12. The van der Waals surface area contributed by atoms with Crippen LogP contribution in [0, 0.1) is 18.8 Å². The van der Waals surface area contributed by atoms with Gasteiger partial charge in [0.25, 0.3) is 0 Å². The fourth-order valence-electron chi connectivity index (χ4n) is 4.84. The molecule has 0 spiro atoms. The number of rotatable bonds is 18. The Balaban J connectivity index is 2.11. The molecular weight excluding hydrogens is 588 g/mol. The zero-order valence-corrected chi connectivity index (χ0v) is 28.4. The lowest BCUT2D eigenvalue weighted by molar-refractivity contribution is -0.167. The third-order valence-corrected chi connectivity index (χ3v) is 7.14. The van der Waals surface area contributed by atoms with Crippen molar-refractivity contribution in [3.05, 3.63) is 53.6 Å². The molecule has 0 aliphatic heterocycles. The molecule has 0 radical (unpaired) electrons. The highest BCUT2D eigenvalue weighted by atomic mass is 16.7. The fourth-order valence-corrected chi connectivity index (χ4v) is 4.84. The Morgan fingerprint density at radius 3 is 2.09 bits per heavy atom. The van der Waals surface area contributed by atoms with Crippen molar-refractivity contribution in [1.82, 2.24) is 5.32 Å². The number of urea groups is 1. The number of anilines is 3. The molecule has 4 N–H and O–H groups in total. The number of hydrogen-bond acceptors (Lipinski definition) is 8. The van der Waals surface area contributed by atoms with Crippen molar-refractivity contribution >= 4 is 40.9 Å². The number of aryl methyl sites for hydroxylation is 1. The molecule has 0 aliphatic carbocycles. The van der Waals surface area contributed by atoms with Gasteiger partial charge in [-0.3, -0.25) is 14.4 Å². The number of benzene rings is 2. The molecule has 0 saturated carbocycles. The molecule has 0 heterocycles. The van der Waals surface area contributed by atoms with Crippen LogP contribution in [0.1, 0.15) is 84.3 Å². The second kappa shape index (κ2) is 19.4. The van der Waals surface area contributed by atoms with Crippen LogP contribution in [0.5, 0.6) is 0 Å². The van der Waals surface area contributed by atoms with Gasteiger partial charge in [-0.15, -0.1) is 0 Å². The lowest BCUT2D eigenvalue weighted by Crippen LogP contribution is -2.33. The summed E-state index contributed by atoms with van der Waals surface area (Å²) in [7, 11) is 0. The number of amides is 3. The molecule has 11 nitrogen and oxygen atoms in total. The molecule has 2 unspecified atom stereocenters. The van der Waals surface area contributed by atoms with Crippen molar-refractivity contribution in [2.45, 2.75) is 86.2 Å². The summed E-state index contributed by atoms with van der Waals surface area (Å²) < 4.78 is 10.2. The van der Waals surface area contributed by atoms with Crippen LogP contribution in [0.2, 0.25) is 0 Å². The Bertz CT molecular complexity index is 1270. The first-order chi connectivity index (χ1) is 21.8. The Kier molecular flexibility index (Phi) is 16.1. The van der Waals surface area contributed by atoms with E-state index in [9.17, 15) is 24.3 Å². The van der Waals surface area contributed by atoms with E-state index in [4.69, 9.17) is 9.47 Å². The van der Waals surface area contributed by atoms with Crippen molar-refractivity contribution in [2.24, 2.45) is 11.8 Å². The number of hydrogen-bond donors (Lipinski definition) is 4. The van der Waals surface area contributed by atoms with Gasteiger partial charge in [0, 0.05) is 31.7 Å². The van der Waals surface area contributed by atoms with E-state index in [2.05, 4.69) is 48.5 Å². The molecule has 2 aromatic rings. The third-order valence-electron chi connectivity index (χ3n) is 7.14. The van der Waals surface area contributed by atoms with Crippen LogP contribution in [0.15, 0.2) is 42.5 Å². The number of aliphatic hydroxyl groups is 1. The first-order valence-corrected chi connectivity index (χ1v) is 16.1. The van der Waals surface area contributed by atoms with Gasteiger partial charge >= 0.3 is 18.0 Å². The monoisotopic (exact) mass is 640 g/mol. The van der Waals surface area contributed by atoms with E-state index in [1.54, 1.807) is 0 Å². The molecule has 2 rings (SSSR count). The average molecular weight is 641 g/mol. The summed E-state index contributed by atoms with van der Waals surface area (Å²) in [5, 5.41) is 17.6. The van der Waals surface area contributed by atoms with Gasteiger partial charge in [0.05, 0.1) is 17.8 Å². The predicted octanol–water partition coefficient (Wildman–Crippen LogP) is 5.96. The van der Waals surface area contributed by atoms with Gasteiger partial charge in [-0.25, -0.2) is 4.79 Å². The summed E-state index contributed by atoms with van der Waals surface area (Å²) in [4.78, 5) is 51.4.